The van der Waals surface area contributed by atoms with Crippen molar-refractivity contribution in [2.45, 2.75) is 44.1 Å². The number of nitrogens with zero attached hydrogens (tertiary/aromatic N) is 4. The minimum Gasteiger partial charge on any atom is -0.405 e. The van der Waals surface area contributed by atoms with Gasteiger partial charge in [-0.15, -0.1) is 0 Å². The summed E-state index contributed by atoms with van der Waals surface area (Å²) in [5.41, 5.74) is -0.0515. The molecule has 8 nitrogen and oxygen atoms in total. The average Bonchev–Trinajstić information content (AvgIpc) is 3.01. The van der Waals surface area contributed by atoms with Gasteiger partial charge in [-0.05, 0) is 56.3 Å². The molecule has 0 spiro atoms. The third kappa shape index (κ3) is 3.72. The number of ether oxygens (including phenoxy) is 1. The summed E-state index contributed by atoms with van der Waals surface area (Å²) in [7, 11) is 1.89. The van der Waals surface area contributed by atoms with Crippen LogP contribution in [0.3, 0.4) is 0 Å². The summed E-state index contributed by atoms with van der Waals surface area (Å²) in [6.45, 7) is 4.30. The number of carbonyl (C=O) groups is 1. The van der Waals surface area contributed by atoms with Crippen molar-refractivity contribution in [1.82, 2.24) is 20.0 Å². The summed E-state index contributed by atoms with van der Waals surface area (Å²) in [5, 5.41) is 16.8. The first-order chi connectivity index (χ1) is 14.0. The highest BCUT2D eigenvalue weighted by atomic mass is 16.6. The summed E-state index contributed by atoms with van der Waals surface area (Å²) in [4.78, 5) is 17.3. The van der Waals surface area contributed by atoms with Crippen molar-refractivity contribution in [1.29, 1.82) is 0 Å². The van der Waals surface area contributed by atoms with Crippen molar-refractivity contribution in [2.75, 3.05) is 44.2 Å². The van der Waals surface area contributed by atoms with Crippen LogP contribution in [0.25, 0.3) is 0 Å². The molecule has 6 rings (SSSR count). The summed E-state index contributed by atoms with van der Waals surface area (Å²) in [5.74, 6) is 3.74. The highest BCUT2D eigenvalue weighted by Crippen LogP contribution is 2.55. The van der Waals surface area contributed by atoms with Crippen LogP contribution in [-0.4, -0.2) is 70.7 Å². The van der Waals surface area contributed by atoms with Crippen LogP contribution in [0, 0.1) is 17.8 Å². The van der Waals surface area contributed by atoms with Gasteiger partial charge < -0.3 is 20.1 Å². The van der Waals surface area contributed by atoms with Gasteiger partial charge in [0.25, 0.3) is 0 Å². The molecule has 5 aliphatic rings. The summed E-state index contributed by atoms with van der Waals surface area (Å²) in [6.07, 6.45) is 8.71. The van der Waals surface area contributed by atoms with Crippen LogP contribution in [0.1, 0.15) is 38.5 Å². The third-order valence-corrected chi connectivity index (χ3v) is 7.57. The van der Waals surface area contributed by atoms with E-state index in [9.17, 15) is 4.79 Å². The van der Waals surface area contributed by atoms with E-state index in [4.69, 9.17) is 9.84 Å². The molecule has 1 amide bonds. The molecule has 0 aromatic carbocycles. The maximum atomic E-state index is 12.9. The Hall–Kier alpha value is -1.80. The molecule has 160 valence electrons. The minimum absolute atomic E-state index is 0.0515. The molecule has 2 N–H and O–H groups in total. The minimum atomic E-state index is -0.333. The van der Waals surface area contributed by atoms with E-state index in [0.717, 1.165) is 69.0 Å². The van der Waals surface area contributed by atoms with Gasteiger partial charge in [0.1, 0.15) is 0 Å². The lowest BCUT2D eigenvalue weighted by Gasteiger charge is -2.56. The second-order valence-corrected chi connectivity index (χ2v) is 9.72. The van der Waals surface area contributed by atoms with Gasteiger partial charge in [0.2, 0.25) is 0 Å². The number of hydrogen-bond donors (Lipinski definition) is 2. The normalized spacial score (nSPS) is 33.9. The number of aromatic nitrogens is 2. The molecular weight excluding hydrogens is 370 g/mol. The molecule has 0 atom stereocenters. The molecule has 0 radical (unpaired) electrons. The second-order valence-electron chi connectivity index (χ2n) is 9.72. The molecule has 1 aromatic heterocycles. The SMILES string of the molecule is Cn1ncc(OC(=O)NC23CC4CC(CC(C4)C2)C3)c1N1CCN(CCO)CC1. The Morgan fingerprint density at radius 1 is 1.17 bits per heavy atom. The number of piperazine rings is 1. The van der Waals surface area contributed by atoms with E-state index in [1.54, 1.807) is 10.9 Å². The van der Waals surface area contributed by atoms with Crippen molar-refractivity contribution in [3.8, 4) is 5.75 Å². The fourth-order valence-corrected chi connectivity index (χ4v) is 6.77. The first kappa shape index (κ1) is 19.2. The summed E-state index contributed by atoms with van der Waals surface area (Å²) < 4.78 is 7.59. The molecule has 29 heavy (non-hydrogen) atoms. The number of carbonyl (C=O) groups excluding carboxylic acids is 1. The van der Waals surface area contributed by atoms with Gasteiger partial charge in [-0.25, -0.2) is 9.48 Å². The second kappa shape index (κ2) is 7.47. The monoisotopic (exact) mass is 403 g/mol. The standard InChI is InChI=1S/C21H33N5O3/c1-24-19(26-4-2-25(3-5-26)6-7-27)18(14-22-24)29-20(28)23-21-11-15-8-16(12-21)10-17(9-15)13-21/h14-17,27H,2-13H2,1H3,(H,23,28). The van der Waals surface area contributed by atoms with E-state index >= 15 is 0 Å². The zero-order chi connectivity index (χ0) is 20.0. The molecular formula is C21H33N5O3. The summed E-state index contributed by atoms with van der Waals surface area (Å²) >= 11 is 0. The van der Waals surface area contributed by atoms with Crippen LogP contribution in [0.5, 0.6) is 5.75 Å². The predicted molar refractivity (Wildman–Crippen MR) is 109 cm³/mol. The number of aryl methyl sites for hydroxylation is 1. The maximum Gasteiger partial charge on any atom is 0.413 e. The number of β-amino-alcohol motifs (C(OH)–C–C–N with tert-alkyl or cyclic N) is 1. The first-order valence-corrected chi connectivity index (χ1v) is 11.1. The molecule has 4 aliphatic carbocycles. The topological polar surface area (TPSA) is 82.9 Å². The van der Waals surface area contributed by atoms with Crippen LogP contribution in [0.2, 0.25) is 0 Å². The number of hydrogen-bond acceptors (Lipinski definition) is 6. The van der Waals surface area contributed by atoms with Crippen LogP contribution in [0.4, 0.5) is 10.6 Å². The van der Waals surface area contributed by atoms with Crippen molar-refractivity contribution < 1.29 is 14.6 Å². The fraction of sp³-hybridized carbons (Fsp3) is 0.810. The van der Waals surface area contributed by atoms with Gasteiger partial charge in [0.05, 0.1) is 12.8 Å². The molecule has 4 bridgehead atoms. The lowest BCUT2D eigenvalue weighted by Crippen LogP contribution is -2.60. The fourth-order valence-electron chi connectivity index (χ4n) is 6.77. The Morgan fingerprint density at radius 3 is 2.38 bits per heavy atom. The number of aliphatic hydroxyl groups is 1. The van der Waals surface area contributed by atoms with E-state index in [-0.39, 0.29) is 18.2 Å². The van der Waals surface area contributed by atoms with Crippen molar-refractivity contribution in [3.05, 3.63) is 6.20 Å². The van der Waals surface area contributed by atoms with Gasteiger partial charge in [-0.1, -0.05) is 0 Å². The largest absolute Gasteiger partial charge is 0.413 e. The highest BCUT2D eigenvalue weighted by molar-refractivity contribution is 5.73. The van der Waals surface area contributed by atoms with Gasteiger partial charge >= 0.3 is 6.09 Å². The van der Waals surface area contributed by atoms with E-state index in [0.29, 0.717) is 12.3 Å². The van der Waals surface area contributed by atoms with E-state index in [1.165, 1.54) is 19.3 Å². The average molecular weight is 404 g/mol. The Labute approximate surface area is 172 Å². The van der Waals surface area contributed by atoms with Gasteiger partial charge in [-0.3, -0.25) is 4.90 Å². The zero-order valence-corrected chi connectivity index (χ0v) is 17.3. The van der Waals surface area contributed by atoms with Crippen LogP contribution in [0.15, 0.2) is 6.20 Å². The van der Waals surface area contributed by atoms with Crippen molar-refractivity contribution in [3.63, 3.8) is 0 Å². The Morgan fingerprint density at radius 2 is 1.79 bits per heavy atom. The van der Waals surface area contributed by atoms with Crippen LogP contribution >= 0.6 is 0 Å². The van der Waals surface area contributed by atoms with E-state index < -0.39 is 0 Å². The van der Waals surface area contributed by atoms with Crippen LogP contribution < -0.4 is 15.0 Å². The summed E-state index contributed by atoms with van der Waals surface area (Å²) in [6, 6.07) is 0. The lowest BCUT2D eigenvalue weighted by atomic mass is 9.53. The molecule has 4 saturated carbocycles. The molecule has 1 saturated heterocycles. The van der Waals surface area contributed by atoms with E-state index in [1.807, 2.05) is 7.05 Å². The molecule has 1 aliphatic heterocycles. The predicted octanol–water partition coefficient (Wildman–Crippen LogP) is 1.59. The molecule has 2 heterocycles. The first-order valence-electron chi connectivity index (χ1n) is 11.1. The number of nitrogens with one attached hydrogen (secondary N) is 1. The van der Waals surface area contributed by atoms with Crippen LogP contribution in [-0.2, 0) is 7.05 Å². The smallest absolute Gasteiger partial charge is 0.405 e. The number of aliphatic hydroxyl groups excluding tert-OH is 1. The van der Waals surface area contributed by atoms with Gasteiger partial charge in [-0.2, -0.15) is 5.10 Å². The molecule has 5 fully saturated rings. The van der Waals surface area contributed by atoms with E-state index in [2.05, 4.69) is 20.2 Å². The van der Waals surface area contributed by atoms with Gasteiger partial charge in [0.15, 0.2) is 11.6 Å². The number of anilines is 1. The highest BCUT2D eigenvalue weighted by Gasteiger charge is 2.51. The maximum absolute atomic E-state index is 12.9. The Balaban J connectivity index is 1.24. The molecule has 1 aromatic rings. The number of amides is 1. The quantitative estimate of drug-likeness (QED) is 0.777. The molecule has 0 unspecified atom stereocenters. The third-order valence-electron chi connectivity index (χ3n) is 7.57. The lowest BCUT2D eigenvalue weighted by molar-refractivity contribution is -0.0161. The molecule has 8 heteroatoms. The number of rotatable bonds is 5. The zero-order valence-electron chi connectivity index (χ0n) is 17.3. The van der Waals surface area contributed by atoms with Gasteiger partial charge in [0, 0.05) is 45.3 Å². The van der Waals surface area contributed by atoms with Crippen molar-refractivity contribution >= 4 is 11.9 Å². The van der Waals surface area contributed by atoms with Crippen molar-refractivity contribution in [2.24, 2.45) is 24.8 Å². The Bertz CT molecular complexity index is 720. The Kier molecular flexibility index (Phi) is 4.94.